The number of hydrazone groups is 1. The van der Waals surface area contributed by atoms with Gasteiger partial charge >= 0.3 is 0 Å². The first-order valence-corrected chi connectivity index (χ1v) is 9.25. The predicted molar refractivity (Wildman–Crippen MR) is 108 cm³/mol. The number of nitrogens with zero attached hydrogens (tertiary/aromatic N) is 2. The molecule has 0 saturated carbocycles. The summed E-state index contributed by atoms with van der Waals surface area (Å²) in [4.78, 5) is 35.3. The average molecular weight is 394 g/mol. The molecular weight excluding hydrogens is 372 g/mol. The van der Waals surface area contributed by atoms with Crippen molar-refractivity contribution < 1.29 is 19.1 Å². The SMILES string of the molecule is NC(=O)COc1cccc(NC(=O)CCC(=O)N2CCC(c3ccccc3)=N2)c1. The van der Waals surface area contributed by atoms with Crippen LogP contribution < -0.4 is 15.8 Å². The predicted octanol–water partition coefficient (Wildman–Crippen LogP) is 1.91. The van der Waals surface area contributed by atoms with Crippen molar-refractivity contribution in [3.8, 4) is 5.75 Å². The molecule has 3 rings (SSSR count). The summed E-state index contributed by atoms with van der Waals surface area (Å²) in [5.74, 6) is -0.656. The van der Waals surface area contributed by atoms with Crippen molar-refractivity contribution in [2.75, 3.05) is 18.5 Å². The lowest BCUT2D eigenvalue weighted by Gasteiger charge is -2.11. The number of primary amides is 1. The summed E-state index contributed by atoms with van der Waals surface area (Å²) in [5.41, 5.74) is 7.42. The van der Waals surface area contributed by atoms with Crippen LogP contribution in [0.15, 0.2) is 59.7 Å². The molecule has 0 saturated heterocycles. The van der Waals surface area contributed by atoms with Crippen LogP contribution in [-0.4, -0.2) is 41.6 Å². The lowest BCUT2D eigenvalue weighted by Crippen LogP contribution is -2.25. The molecule has 3 N–H and O–H groups in total. The van der Waals surface area contributed by atoms with Gasteiger partial charge in [0.05, 0.1) is 12.3 Å². The Hall–Kier alpha value is -3.68. The summed E-state index contributed by atoms with van der Waals surface area (Å²) in [5, 5.41) is 8.51. The Kier molecular flexibility index (Phi) is 6.57. The van der Waals surface area contributed by atoms with Gasteiger partial charge in [-0.1, -0.05) is 36.4 Å². The molecule has 3 amide bonds. The monoisotopic (exact) mass is 394 g/mol. The first-order valence-electron chi connectivity index (χ1n) is 9.25. The molecule has 8 heteroatoms. The van der Waals surface area contributed by atoms with Gasteiger partial charge in [-0.05, 0) is 17.7 Å². The van der Waals surface area contributed by atoms with Crippen molar-refractivity contribution in [3.05, 3.63) is 60.2 Å². The Morgan fingerprint density at radius 1 is 1.07 bits per heavy atom. The standard InChI is InChI=1S/C21H22N4O4/c22-19(26)14-29-17-8-4-7-16(13-17)23-20(27)9-10-21(28)25-12-11-18(24-25)15-5-2-1-3-6-15/h1-8,13H,9-12,14H2,(H2,22,26)(H,23,27). The average Bonchev–Trinajstić information content (AvgIpc) is 3.22. The fourth-order valence-corrected chi connectivity index (χ4v) is 2.86. The Bertz CT molecular complexity index is 927. The van der Waals surface area contributed by atoms with Crippen molar-refractivity contribution >= 4 is 29.1 Å². The third-order valence-electron chi connectivity index (χ3n) is 4.26. The van der Waals surface area contributed by atoms with Gasteiger partial charge in [-0.3, -0.25) is 14.4 Å². The number of hydrogen-bond donors (Lipinski definition) is 2. The molecule has 1 aliphatic heterocycles. The lowest BCUT2D eigenvalue weighted by atomic mass is 10.1. The van der Waals surface area contributed by atoms with E-state index in [0.29, 0.717) is 24.4 Å². The molecule has 0 unspecified atom stereocenters. The van der Waals surface area contributed by atoms with Gasteiger partial charge in [0.25, 0.3) is 5.91 Å². The summed E-state index contributed by atoms with van der Waals surface area (Å²) < 4.78 is 5.20. The number of carbonyl (C=O) groups is 3. The molecule has 1 heterocycles. The van der Waals surface area contributed by atoms with E-state index < -0.39 is 5.91 Å². The second kappa shape index (κ2) is 9.50. The normalized spacial score (nSPS) is 13.0. The third-order valence-corrected chi connectivity index (χ3v) is 4.26. The summed E-state index contributed by atoms with van der Waals surface area (Å²) in [6.45, 7) is 0.275. The second-order valence-electron chi connectivity index (χ2n) is 6.51. The Balaban J connectivity index is 1.48. The van der Waals surface area contributed by atoms with Crippen LogP contribution in [0, 0.1) is 0 Å². The minimum absolute atomic E-state index is 0.0396. The van der Waals surface area contributed by atoms with E-state index in [9.17, 15) is 14.4 Å². The number of amides is 3. The molecule has 150 valence electrons. The number of rotatable bonds is 8. The maximum atomic E-state index is 12.4. The Labute approximate surface area is 168 Å². The van der Waals surface area contributed by atoms with Crippen LogP contribution in [0.25, 0.3) is 0 Å². The van der Waals surface area contributed by atoms with E-state index in [1.807, 2.05) is 30.3 Å². The van der Waals surface area contributed by atoms with Crippen molar-refractivity contribution in [1.29, 1.82) is 0 Å². The maximum Gasteiger partial charge on any atom is 0.255 e. The zero-order valence-electron chi connectivity index (χ0n) is 15.8. The van der Waals surface area contributed by atoms with Crippen molar-refractivity contribution in [2.45, 2.75) is 19.3 Å². The number of ether oxygens (including phenoxy) is 1. The topological polar surface area (TPSA) is 114 Å². The van der Waals surface area contributed by atoms with Crippen LogP contribution in [0.1, 0.15) is 24.8 Å². The van der Waals surface area contributed by atoms with Gasteiger partial charge in [0.15, 0.2) is 6.61 Å². The van der Waals surface area contributed by atoms with Gasteiger partial charge in [0.2, 0.25) is 11.8 Å². The molecule has 2 aromatic rings. The van der Waals surface area contributed by atoms with Crippen LogP contribution in [0.3, 0.4) is 0 Å². The number of nitrogens with two attached hydrogens (primary N) is 1. The fraction of sp³-hybridized carbons (Fsp3) is 0.238. The van der Waals surface area contributed by atoms with Gasteiger partial charge in [0, 0.05) is 31.0 Å². The van der Waals surface area contributed by atoms with Gasteiger partial charge in [-0.2, -0.15) is 5.10 Å². The first kappa shape index (κ1) is 20.1. The molecule has 1 aliphatic rings. The van der Waals surface area contributed by atoms with Crippen molar-refractivity contribution in [1.82, 2.24) is 5.01 Å². The Morgan fingerprint density at radius 2 is 1.86 bits per heavy atom. The van der Waals surface area contributed by atoms with Crippen LogP contribution in [0.2, 0.25) is 0 Å². The van der Waals surface area contributed by atoms with E-state index in [-0.39, 0.29) is 31.3 Å². The van der Waals surface area contributed by atoms with Crippen LogP contribution >= 0.6 is 0 Å². The maximum absolute atomic E-state index is 12.4. The second-order valence-corrected chi connectivity index (χ2v) is 6.51. The van der Waals surface area contributed by atoms with Gasteiger partial charge < -0.3 is 15.8 Å². The number of carbonyl (C=O) groups excluding carboxylic acids is 3. The molecule has 0 aliphatic carbocycles. The van der Waals surface area contributed by atoms with Crippen molar-refractivity contribution in [3.63, 3.8) is 0 Å². The highest BCUT2D eigenvalue weighted by molar-refractivity contribution is 6.02. The third kappa shape index (κ3) is 5.90. The van der Waals surface area contributed by atoms with Gasteiger partial charge in [-0.25, -0.2) is 5.01 Å². The van der Waals surface area contributed by atoms with E-state index >= 15 is 0 Å². The largest absolute Gasteiger partial charge is 0.484 e. The van der Waals surface area contributed by atoms with E-state index in [1.54, 1.807) is 24.3 Å². The number of hydrogen-bond acceptors (Lipinski definition) is 5. The smallest absolute Gasteiger partial charge is 0.255 e. The zero-order chi connectivity index (χ0) is 20.6. The summed E-state index contributed by atoms with van der Waals surface area (Å²) in [6.07, 6.45) is 0.799. The number of nitrogens with one attached hydrogen (secondary N) is 1. The Morgan fingerprint density at radius 3 is 2.62 bits per heavy atom. The number of benzene rings is 2. The molecular formula is C21H22N4O4. The number of anilines is 1. The van der Waals surface area contributed by atoms with E-state index in [2.05, 4.69) is 10.4 Å². The van der Waals surface area contributed by atoms with Crippen LogP contribution in [0.4, 0.5) is 5.69 Å². The quantitative estimate of drug-likeness (QED) is 0.712. The minimum Gasteiger partial charge on any atom is -0.484 e. The van der Waals surface area contributed by atoms with Crippen LogP contribution in [-0.2, 0) is 14.4 Å². The van der Waals surface area contributed by atoms with E-state index in [4.69, 9.17) is 10.5 Å². The molecule has 2 aromatic carbocycles. The molecule has 0 radical (unpaired) electrons. The lowest BCUT2D eigenvalue weighted by molar-refractivity contribution is -0.132. The highest BCUT2D eigenvalue weighted by Gasteiger charge is 2.21. The highest BCUT2D eigenvalue weighted by Crippen LogP contribution is 2.18. The minimum atomic E-state index is -0.585. The summed E-state index contributed by atoms with van der Waals surface area (Å²) >= 11 is 0. The molecule has 0 atom stereocenters. The molecule has 29 heavy (non-hydrogen) atoms. The summed E-state index contributed by atoms with van der Waals surface area (Å²) in [7, 11) is 0. The van der Waals surface area contributed by atoms with Crippen molar-refractivity contribution in [2.24, 2.45) is 10.8 Å². The van der Waals surface area contributed by atoms with Gasteiger partial charge in [-0.15, -0.1) is 0 Å². The summed E-state index contributed by atoms with van der Waals surface area (Å²) in [6, 6.07) is 16.3. The molecule has 0 spiro atoms. The van der Waals surface area contributed by atoms with Crippen LogP contribution in [0.5, 0.6) is 5.75 Å². The highest BCUT2D eigenvalue weighted by atomic mass is 16.5. The van der Waals surface area contributed by atoms with E-state index in [0.717, 1.165) is 11.3 Å². The fourth-order valence-electron chi connectivity index (χ4n) is 2.86. The van der Waals surface area contributed by atoms with E-state index in [1.165, 1.54) is 5.01 Å². The first-order chi connectivity index (χ1) is 14.0. The zero-order valence-corrected chi connectivity index (χ0v) is 15.8. The molecule has 8 nitrogen and oxygen atoms in total. The molecule has 0 aromatic heterocycles. The molecule has 0 fully saturated rings. The van der Waals surface area contributed by atoms with Gasteiger partial charge in [0.1, 0.15) is 5.75 Å². The molecule has 0 bridgehead atoms.